The van der Waals surface area contributed by atoms with E-state index in [9.17, 15) is 0 Å². The highest BCUT2D eigenvalue weighted by atomic mass is 14.7. The Kier molecular flexibility index (Phi) is 2.31. The van der Waals surface area contributed by atoms with Crippen LogP contribution in [0.15, 0.2) is 0 Å². The summed E-state index contributed by atoms with van der Waals surface area (Å²) in [6.07, 6.45) is 5.80. The van der Waals surface area contributed by atoms with E-state index in [2.05, 4.69) is 41.5 Å². The van der Waals surface area contributed by atoms with E-state index in [1.165, 1.54) is 25.7 Å². The Morgan fingerprint density at radius 1 is 0.867 bits per heavy atom. The highest BCUT2D eigenvalue weighted by molar-refractivity contribution is 5.13. The van der Waals surface area contributed by atoms with E-state index < -0.39 is 0 Å². The second-order valence-electron chi connectivity index (χ2n) is 7.47. The molecule has 2 rings (SSSR count). The summed E-state index contributed by atoms with van der Waals surface area (Å²) in [4.78, 5) is 0. The normalized spacial score (nSPS) is 47.6. The van der Waals surface area contributed by atoms with Gasteiger partial charge < -0.3 is 0 Å². The van der Waals surface area contributed by atoms with Crippen LogP contribution in [-0.2, 0) is 0 Å². The van der Waals surface area contributed by atoms with Crippen LogP contribution in [0.5, 0.6) is 0 Å². The first-order chi connectivity index (χ1) is 6.76. The van der Waals surface area contributed by atoms with E-state index in [-0.39, 0.29) is 0 Å². The zero-order chi connectivity index (χ0) is 11.5. The SMILES string of the molecule is CC1CC(C)C2(CCCC2(C)C)C1(C)C. The predicted octanol–water partition coefficient (Wildman–Crippen LogP) is 4.89. The van der Waals surface area contributed by atoms with E-state index >= 15 is 0 Å². The molecule has 0 aromatic rings. The van der Waals surface area contributed by atoms with E-state index in [4.69, 9.17) is 0 Å². The summed E-state index contributed by atoms with van der Waals surface area (Å²) in [5.74, 6) is 1.81. The molecule has 3 atom stereocenters. The minimum Gasteiger partial charge on any atom is -0.0620 e. The molecule has 0 radical (unpaired) electrons. The van der Waals surface area contributed by atoms with E-state index in [0.717, 1.165) is 11.8 Å². The zero-order valence-corrected chi connectivity index (χ0v) is 11.5. The third-order valence-electron chi connectivity index (χ3n) is 6.51. The first-order valence-electron chi connectivity index (χ1n) is 6.76. The fourth-order valence-corrected chi connectivity index (χ4v) is 5.58. The van der Waals surface area contributed by atoms with Crippen molar-refractivity contribution in [3.05, 3.63) is 0 Å². The second kappa shape index (κ2) is 3.02. The molecule has 0 aromatic carbocycles. The molecule has 0 aliphatic heterocycles. The second-order valence-corrected chi connectivity index (χ2v) is 7.47. The van der Waals surface area contributed by atoms with Gasteiger partial charge >= 0.3 is 0 Å². The van der Waals surface area contributed by atoms with Gasteiger partial charge in [-0.25, -0.2) is 0 Å². The lowest BCUT2D eigenvalue weighted by atomic mass is 9.52. The lowest BCUT2D eigenvalue weighted by Crippen LogP contribution is -2.46. The molecular formula is C15H28. The lowest BCUT2D eigenvalue weighted by Gasteiger charge is -2.52. The molecule has 15 heavy (non-hydrogen) atoms. The Morgan fingerprint density at radius 3 is 1.80 bits per heavy atom. The Labute approximate surface area is 95.8 Å². The molecule has 0 saturated heterocycles. The van der Waals surface area contributed by atoms with Crippen molar-refractivity contribution in [1.82, 2.24) is 0 Å². The first-order valence-corrected chi connectivity index (χ1v) is 6.76. The Hall–Kier alpha value is 0. The highest BCUT2D eigenvalue weighted by Crippen LogP contribution is 2.72. The molecule has 2 aliphatic rings. The van der Waals surface area contributed by atoms with Gasteiger partial charge in [-0.1, -0.05) is 48.0 Å². The van der Waals surface area contributed by atoms with Crippen molar-refractivity contribution in [2.24, 2.45) is 28.1 Å². The summed E-state index contributed by atoms with van der Waals surface area (Å²) in [6.45, 7) is 15.1. The lowest BCUT2D eigenvalue weighted by molar-refractivity contribution is -0.0425. The van der Waals surface area contributed by atoms with Crippen LogP contribution in [0.3, 0.4) is 0 Å². The van der Waals surface area contributed by atoms with Crippen LogP contribution in [0, 0.1) is 28.1 Å². The van der Waals surface area contributed by atoms with Gasteiger partial charge in [0.1, 0.15) is 0 Å². The molecule has 0 amide bonds. The van der Waals surface area contributed by atoms with Gasteiger partial charge in [0.15, 0.2) is 0 Å². The third kappa shape index (κ3) is 1.14. The average Bonchev–Trinajstić information content (AvgIpc) is 2.48. The summed E-state index contributed by atoms with van der Waals surface area (Å²) in [6, 6.07) is 0. The molecule has 88 valence electrons. The minimum atomic E-state index is 0.534. The molecule has 0 heterocycles. The fourth-order valence-electron chi connectivity index (χ4n) is 5.58. The molecule has 0 aromatic heterocycles. The summed E-state index contributed by atoms with van der Waals surface area (Å²) < 4.78 is 0. The summed E-state index contributed by atoms with van der Waals surface area (Å²) in [5, 5.41) is 0. The smallest absolute Gasteiger partial charge is 0.0167 e. The van der Waals surface area contributed by atoms with Gasteiger partial charge in [-0.3, -0.25) is 0 Å². The van der Waals surface area contributed by atoms with Gasteiger partial charge in [-0.05, 0) is 47.3 Å². The van der Waals surface area contributed by atoms with Crippen molar-refractivity contribution < 1.29 is 0 Å². The Morgan fingerprint density at radius 2 is 1.47 bits per heavy atom. The van der Waals surface area contributed by atoms with Crippen LogP contribution in [-0.4, -0.2) is 0 Å². The van der Waals surface area contributed by atoms with Gasteiger partial charge in [0.05, 0.1) is 0 Å². The molecule has 0 bridgehead atoms. The van der Waals surface area contributed by atoms with Gasteiger partial charge in [-0.15, -0.1) is 0 Å². The minimum absolute atomic E-state index is 0.534. The van der Waals surface area contributed by atoms with Crippen molar-refractivity contribution in [2.45, 2.75) is 67.2 Å². The standard InChI is InChI=1S/C15H28/c1-11-10-12(2)15(14(11,5)6)9-7-8-13(15,3)4/h11-12H,7-10H2,1-6H3. The van der Waals surface area contributed by atoms with Crippen molar-refractivity contribution in [2.75, 3.05) is 0 Å². The topological polar surface area (TPSA) is 0 Å². The highest BCUT2D eigenvalue weighted by Gasteiger charge is 2.64. The largest absolute Gasteiger partial charge is 0.0620 e. The molecule has 3 unspecified atom stereocenters. The van der Waals surface area contributed by atoms with Gasteiger partial charge in [0, 0.05) is 0 Å². The Bertz CT molecular complexity index is 261. The molecule has 2 fully saturated rings. The van der Waals surface area contributed by atoms with Crippen molar-refractivity contribution in [3.63, 3.8) is 0 Å². The maximum Gasteiger partial charge on any atom is -0.0167 e. The van der Waals surface area contributed by atoms with Crippen molar-refractivity contribution in [1.29, 1.82) is 0 Å². The van der Waals surface area contributed by atoms with Gasteiger partial charge in [-0.2, -0.15) is 0 Å². The summed E-state index contributed by atoms with van der Waals surface area (Å²) in [7, 11) is 0. The molecule has 1 spiro atoms. The molecule has 0 nitrogen and oxygen atoms in total. The predicted molar refractivity (Wildman–Crippen MR) is 66.8 cm³/mol. The Balaban J connectivity index is 2.50. The maximum absolute atomic E-state index is 2.54. The first kappa shape index (κ1) is 11.5. The molecule has 2 aliphatic carbocycles. The maximum atomic E-state index is 2.54. The van der Waals surface area contributed by atoms with Crippen LogP contribution >= 0.6 is 0 Å². The monoisotopic (exact) mass is 208 g/mol. The van der Waals surface area contributed by atoms with Crippen LogP contribution in [0.1, 0.15) is 67.2 Å². The van der Waals surface area contributed by atoms with E-state index in [1.54, 1.807) is 0 Å². The van der Waals surface area contributed by atoms with Crippen LogP contribution in [0.4, 0.5) is 0 Å². The van der Waals surface area contributed by atoms with E-state index in [1.807, 2.05) is 0 Å². The molecule has 2 saturated carbocycles. The van der Waals surface area contributed by atoms with E-state index in [0.29, 0.717) is 16.2 Å². The van der Waals surface area contributed by atoms with Crippen molar-refractivity contribution >= 4 is 0 Å². The quantitative estimate of drug-likeness (QED) is 0.532. The van der Waals surface area contributed by atoms with Gasteiger partial charge in [0.2, 0.25) is 0 Å². The number of hydrogen-bond acceptors (Lipinski definition) is 0. The van der Waals surface area contributed by atoms with Crippen LogP contribution in [0.2, 0.25) is 0 Å². The summed E-state index contributed by atoms with van der Waals surface area (Å²) in [5.41, 5.74) is 1.70. The molecule has 0 heteroatoms. The average molecular weight is 208 g/mol. The molecular weight excluding hydrogens is 180 g/mol. The van der Waals surface area contributed by atoms with Crippen molar-refractivity contribution in [3.8, 4) is 0 Å². The van der Waals surface area contributed by atoms with Crippen LogP contribution in [0.25, 0.3) is 0 Å². The zero-order valence-electron chi connectivity index (χ0n) is 11.5. The number of rotatable bonds is 0. The fraction of sp³-hybridized carbons (Fsp3) is 1.00. The van der Waals surface area contributed by atoms with Gasteiger partial charge in [0.25, 0.3) is 0 Å². The molecule has 0 N–H and O–H groups in total. The summed E-state index contributed by atoms with van der Waals surface area (Å²) >= 11 is 0. The third-order valence-corrected chi connectivity index (χ3v) is 6.51. The number of hydrogen-bond donors (Lipinski definition) is 0. The van der Waals surface area contributed by atoms with Crippen LogP contribution < -0.4 is 0 Å².